The van der Waals surface area contributed by atoms with E-state index in [1.165, 1.54) is 0 Å². The van der Waals surface area contributed by atoms with Gasteiger partial charge in [0.05, 0.1) is 24.9 Å². The predicted octanol–water partition coefficient (Wildman–Crippen LogP) is 1.92. The van der Waals surface area contributed by atoms with Crippen molar-refractivity contribution in [3.8, 4) is 0 Å². The quantitative estimate of drug-likeness (QED) is 0.798. The first-order chi connectivity index (χ1) is 8.13. The van der Waals surface area contributed by atoms with Crippen LogP contribution < -0.4 is 0 Å². The van der Waals surface area contributed by atoms with Crippen LogP contribution in [0.3, 0.4) is 0 Å². The zero-order valence-electron chi connectivity index (χ0n) is 9.90. The molecule has 1 aliphatic heterocycles. The zero-order chi connectivity index (χ0) is 12.4. The zero-order valence-corrected chi connectivity index (χ0v) is 11.5. The van der Waals surface area contributed by atoms with Crippen LogP contribution in [0.25, 0.3) is 0 Å². The third-order valence-electron chi connectivity index (χ3n) is 2.74. The summed E-state index contributed by atoms with van der Waals surface area (Å²) >= 11 is 3.36. The van der Waals surface area contributed by atoms with E-state index in [1.54, 1.807) is 13.8 Å². The number of rotatable bonds is 4. The van der Waals surface area contributed by atoms with Crippen LogP contribution in [0, 0.1) is 6.92 Å². The second-order valence-electron chi connectivity index (χ2n) is 3.93. The molecule has 1 fully saturated rings. The number of carbonyl (C=O) groups is 1. The lowest BCUT2D eigenvalue weighted by atomic mass is 10.2. The number of ether oxygens (including phenoxy) is 2. The fourth-order valence-electron chi connectivity index (χ4n) is 1.80. The summed E-state index contributed by atoms with van der Waals surface area (Å²) in [5, 5.41) is 0. The lowest BCUT2D eigenvalue weighted by molar-refractivity contribution is -0.0598. The van der Waals surface area contributed by atoms with Crippen LogP contribution in [0.5, 0.6) is 0 Å². The second kappa shape index (κ2) is 5.18. The van der Waals surface area contributed by atoms with Crippen molar-refractivity contribution < 1.29 is 14.3 Å². The summed E-state index contributed by atoms with van der Waals surface area (Å²) in [4.78, 5) is 16.1. The number of nitrogens with zero attached hydrogens (tertiary/aromatic N) is 2. The van der Waals surface area contributed by atoms with Crippen LogP contribution in [0.15, 0.2) is 4.73 Å². The van der Waals surface area contributed by atoms with Gasteiger partial charge in [-0.2, -0.15) is 0 Å². The van der Waals surface area contributed by atoms with E-state index in [4.69, 9.17) is 9.47 Å². The molecule has 0 aromatic carbocycles. The van der Waals surface area contributed by atoms with Crippen molar-refractivity contribution in [2.75, 3.05) is 13.2 Å². The molecule has 1 atom stereocenters. The van der Waals surface area contributed by atoms with E-state index in [9.17, 15) is 4.79 Å². The Bertz CT molecular complexity index is 427. The Morgan fingerprint density at radius 2 is 2.41 bits per heavy atom. The fourth-order valence-corrected chi connectivity index (χ4v) is 2.38. The van der Waals surface area contributed by atoms with Crippen LogP contribution in [-0.2, 0) is 16.0 Å². The summed E-state index contributed by atoms with van der Waals surface area (Å²) in [6, 6.07) is 0. The molecule has 1 aromatic rings. The van der Waals surface area contributed by atoms with Gasteiger partial charge in [-0.3, -0.25) is 0 Å². The molecule has 1 aliphatic rings. The molecule has 0 aliphatic carbocycles. The van der Waals surface area contributed by atoms with E-state index in [0.29, 0.717) is 29.3 Å². The molecule has 0 unspecified atom stereocenters. The molecule has 6 heteroatoms. The fraction of sp³-hybridized carbons (Fsp3) is 0.636. The number of aromatic nitrogens is 2. The van der Waals surface area contributed by atoms with E-state index in [0.717, 1.165) is 13.0 Å². The molecule has 1 aromatic heterocycles. The van der Waals surface area contributed by atoms with Gasteiger partial charge in [0.1, 0.15) is 0 Å². The van der Waals surface area contributed by atoms with Gasteiger partial charge in [-0.05, 0) is 36.2 Å². The normalized spacial score (nSPS) is 18.9. The standard InChI is InChI=1S/C11H15BrN2O3/c1-3-16-10(15)9-7(2)13-11(12)14(9)6-8-4-5-17-8/h8H,3-6H2,1-2H3/t8-/m0/s1. The van der Waals surface area contributed by atoms with Crippen molar-refractivity contribution in [2.24, 2.45) is 0 Å². The number of esters is 1. The van der Waals surface area contributed by atoms with E-state index < -0.39 is 0 Å². The minimum Gasteiger partial charge on any atom is -0.461 e. The molecule has 0 saturated carbocycles. The maximum absolute atomic E-state index is 11.8. The number of halogens is 1. The van der Waals surface area contributed by atoms with Gasteiger partial charge in [-0.25, -0.2) is 9.78 Å². The molecule has 0 radical (unpaired) electrons. The van der Waals surface area contributed by atoms with Gasteiger partial charge in [-0.15, -0.1) is 0 Å². The molecular formula is C11H15BrN2O3. The van der Waals surface area contributed by atoms with Crippen LogP contribution in [-0.4, -0.2) is 34.8 Å². The van der Waals surface area contributed by atoms with Crippen LogP contribution >= 0.6 is 15.9 Å². The Hall–Kier alpha value is -0.880. The summed E-state index contributed by atoms with van der Waals surface area (Å²) in [5.74, 6) is -0.331. The maximum atomic E-state index is 11.8. The Kier molecular flexibility index (Phi) is 3.83. The van der Waals surface area contributed by atoms with Gasteiger partial charge in [-0.1, -0.05) is 0 Å². The van der Waals surface area contributed by atoms with Crippen molar-refractivity contribution in [1.82, 2.24) is 9.55 Å². The first kappa shape index (κ1) is 12.6. The molecule has 0 bridgehead atoms. The van der Waals surface area contributed by atoms with Crippen LogP contribution in [0.1, 0.15) is 29.5 Å². The predicted molar refractivity (Wildman–Crippen MR) is 65.0 cm³/mol. The van der Waals surface area contributed by atoms with Gasteiger partial charge >= 0.3 is 5.97 Å². The monoisotopic (exact) mass is 302 g/mol. The molecule has 0 spiro atoms. The Morgan fingerprint density at radius 3 is 2.94 bits per heavy atom. The molecule has 17 heavy (non-hydrogen) atoms. The highest BCUT2D eigenvalue weighted by Gasteiger charge is 2.25. The lowest BCUT2D eigenvalue weighted by Gasteiger charge is -2.27. The second-order valence-corrected chi connectivity index (χ2v) is 4.64. The average molecular weight is 303 g/mol. The Labute approximate surface area is 108 Å². The summed E-state index contributed by atoms with van der Waals surface area (Å²) in [6.07, 6.45) is 1.19. The van der Waals surface area contributed by atoms with Gasteiger partial charge in [0.25, 0.3) is 0 Å². The first-order valence-corrected chi connectivity index (χ1v) is 6.44. The smallest absolute Gasteiger partial charge is 0.356 e. The Balaban J connectivity index is 2.24. The highest BCUT2D eigenvalue weighted by Crippen LogP contribution is 2.22. The lowest BCUT2D eigenvalue weighted by Crippen LogP contribution is -2.32. The third-order valence-corrected chi connectivity index (χ3v) is 3.35. The number of aryl methyl sites for hydroxylation is 1. The van der Waals surface area contributed by atoms with Crippen molar-refractivity contribution in [2.45, 2.75) is 32.9 Å². The molecule has 5 nitrogen and oxygen atoms in total. The molecule has 0 N–H and O–H groups in total. The van der Waals surface area contributed by atoms with Crippen molar-refractivity contribution >= 4 is 21.9 Å². The van der Waals surface area contributed by atoms with E-state index in [1.807, 2.05) is 4.57 Å². The minimum atomic E-state index is -0.331. The number of hydrogen-bond acceptors (Lipinski definition) is 4. The van der Waals surface area contributed by atoms with Crippen molar-refractivity contribution in [3.05, 3.63) is 16.1 Å². The molecule has 2 rings (SSSR count). The molecular weight excluding hydrogens is 288 g/mol. The molecule has 2 heterocycles. The van der Waals surface area contributed by atoms with Gasteiger partial charge in [0.15, 0.2) is 10.4 Å². The van der Waals surface area contributed by atoms with Gasteiger partial charge in [0, 0.05) is 6.61 Å². The molecule has 94 valence electrons. The van der Waals surface area contributed by atoms with Crippen molar-refractivity contribution in [1.29, 1.82) is 0 Å². The topological polar surface area (TPSA) is 53.3 Å². The first-order valence-electron chi connectivity index (χ1n) is 5.64. The Morgan fingerprint density at radius 1 is 1.71 bits per heavy atom. The summed E-state index contributed by atoms with van der Waals surface area (Å²) < 4.78 is 12.9. The highest BCUT2D eigenvalue weighted by atomic mass is 79.9. The molecule has 0 amide bonds. The van der Waals surface area contributed by atoms with Crippen LogP contribution in [0.2, 0.25) is 0 Å². The van der Waals surface area contributed by atoms with Gasteiger partial charge in [0.2, 0.25) is 0 Å². The SMILES string of the molecule is CCOC(=O)c1c(C)nc(Br)n1C[C@@H]1CCO1. The minimum absolute atomic E-state index is 0.174. The van der Waals surface area contributed by atoms with E-state index in [-0.39, 0.29) is 12.1 Å². The third kappa shape index (κ3) is 2.52. The average Bonchev–Trinajstić information content (AvgIpc) is 2.47. The van der Waals surface area contributed by atoms with Crippen molar-refractivity contribution in [3.63, 3.8) is 0 Å². The maximum Gasteiger partial charge on any atom is 0.356 e. The largest absolute Gasteiger partial charge is 0.461 e. The summed E-state index contributed by atoms with van der Waals surface area (Å²) in [7, 11) is 0. The van der Waals surface area contributed by atoms with E-state index in [2.05, 4.69) is 20.9 Å². The van der Waals surface area contributed by atoms with Crippen LogP contribution in [0.4, 0.5) is 0 Å². The summed E-state index contributed by atoms with van der Waals surface area (Å²) in [5.41, 5.74) is 1.18. The van der Waals surface area contributed by atoms with E-state index >= 15 is 0 Å². The highest BCUT2D eigenvalue weighted by molar-refractivity contribution is 9.10. The van der Waals surface area contributed by atoms with Gasteiger partial charge < -0.3 is 14.0 Å². The number of carbonyl (C=O) groups excluding carboxylic acids is 1. The number of imidazole rings is 1. The molecule has 1 saturated heterocycles. The summed E-state index contributed by atoms with van der Waals surface area (Å²) in [6.45, 7) is 5.38. The number of hydrogen-bond donors (Lipinski definition) is 0.